The molecule has 0 aromatic heterocycles. The van der Waals surface area contributed by atoms with Crippen LogP contribution in [0.5, 0.6) is 5.75 Å². The molecule has 19 heavy (non-hydrogen) atoms. The van der Waals surface area contributed by atoms with Crippen molar-refractivity contribution >= 4 is 23.2 Å². The molecule has 0 fully saturated rings. The Hall–Kier alpha value is -1.19. The molecule has 0 atom stereocenters. The minimum absolute atomic E-state index is 0.322. The maximum absolute atomic E-state index is 13.1. The summed E-state index contributed by atoms with van der Waals surface area (Å²) in [5.74, 6) is -0.0710. The summed E-state index contributed by atoms with van der Waals surface area (Å²) in [6, 6.07) is 1.68. The lowest BCUT2D eigenvalue weighted by Crippen LogP contribution is -1.94. The first-order valence-corrected chi connectivity index (χ1v) is 6.36. The zero-order valence-corrected chi connectivity index (χ0v) is 12.4. The van der Waals surface area contributed by atoms with Crippen molar-refractivity contribution in [2.45, 2.75) is 20.3 Å². The third-order valence-electron chi connectivity index (χ3n) is 2.83. The van der Waals surface area contributed by atoms with Crippen LogP contribution >= 0.6 is 23.2 Å². The SMILES string of the molecule is COc1cc(Cl)c(C/C=C(C)/C(F)=C/O)c(Cl)c1C. The van der Waals surface area contributed by atoms with Crippen molar-refractivity contribution < 1.29 is 14.2 Å². The summed E-state index contributed by atoms with van der Waals surface area (Å²) in [6.45, 7) is 3.38. The van der Waals surface area contributed by atoms with Gasteiger partial charge in [-0.2, -0.15) is 0 Å². The van der Waals surface area contributed by atoms with Gasteiger partial charge in [0.25, 0.3) is 0 Å². The van der Waals surface area contributed by atoms with E-state index in [1.54, 1.807) is 26.2 Å². The molecule has 1 rings (SSSR count). The Bertz CT molecular complexity index is 537. The Balaban J connectivity index is 3.13. The minimum atomic E-state index is -0.683. The van der Waals surface area contributed by atoms with Crippen LogP contribution in [0.15, 0.2) is 29.8 Å². The number of rotatable bonds is 4. The van der Waals surface area contributed by atoms with Gasteiger partial charge in [0.2, 0.25) is 0 Å². The van der Waals surface area contributed by atoms with Gasteiger partial charge in [-0.15, -0.1) is 0 Å². The van der Waals surface area contributed by atoms with Gasteiger partial charge >= 0.3 is 0 Å². The highest BCUT2D eigenvalue weighted by atomic mass is 35.5. The maximum Gasteiger partial charge on any atom is 0.159 e. The number of allylic oxidation sites excluding steroid dienone is 3. The number of benzene rings is 1. The number of aliphatic hydroxyl groups is 1. The van der Waals surface area contributed by atoms with Crippen LogP contribution in [0.2, 0.25) is 10.0 Å². The van der Waals surface area contributed by atoms with E-state index < -0.39 is 5.83 Å². The smallest absolute Gasteiger partial charge is 0.159 e. The molecule has 0 heterocycles. The fraction of sp³-hybridized carbons (Fsp3) is 0.286. The third kappa shape index (κ3) is 3.64. The summed E-state index contributed by atoms with van der Waals surface area (Å²) in [4.78, 5) is 0. The number of aliphatic hydroxyl groups excluding tert-OH is 1. The van der Waals surface area contributed by atoms with Gasteiger partial charge in [-0.25, -0.2) is 4.39 Å². The lowest BCUT2D eigenvalue weighted by molar-refractivity contribution is 0.411. The number of ether oxygens (including phenoxy) is 1. The molecule has 0 amide bonds. The molecule has 0 unspecified atom stereocenters. The predicted octanol–water partition coefficient (Wildman–Crippen LogP) is 5.17. The zero-order chi connectivity index (χ0) is 14.6. The summed E-state index contributed by atoms with van der Waals surface area (Å²) < 4.78 is 18.2. The highest BCUT2D eigenvalue weighted by Crippen LogP contribution is 2.35. The van der Waals surface area contributed by atoms with Crippen molar-refractivity contribution in [1.29, 1.82) is 0 Å². The Morgan fingerprint density at radius 2 is 2.11 bits per heavy atom. The lowest BCUT2D eigenvalue weighted by Gasteiger charge is -2.12. The van der Waals surface area contributed by atoms with Crippen LogP contribution in [0.4, 0.5) is 4.39 Å². The van der Waals surface area contributed by atoms with Gasteiger partial charge in [0, 0.05) is 10.6 Å². The normalized spacial score (nSPS) is 12.7. The van der Waals surface area contributed by atoms with Crippen LogP contribution in [0, 0.1) is 6.92 Å². The average Bonchev–Trinajstić information content (AvgIpc) is 2.41. The van der Waals surface area contributed by atoms with Crippen molar-refractivity contribution in [3.05, 3.63) is 51.0 Å². The first kappa shape index (κ1) is 15.9. The molecule has 1 aromatic carbocycles. The summed E-state index contributed by atoms with van der Waals surface area (Å²) >= 11 is 12.4. The van der Waals surface area contributed by atoms with E-state index in [9.17, 15) is 4.39 Å². The molecular weight excluding hydrogens is 290 g/mol. The molecule has 104 valence electrons. The molecule has 2 nitrogen and oxygen atoms in total. The van der Waals surface area contributed by atoms with E-state index in [2.05, 4.69) is 0 Å². The number of hydrogen-bond acceptors (Lipinski definition) is 2. The molecule has 5 heteroatoms. The van der Waals surface area contributed by atoms with E-state index in [1.165, 1.54) is 0 Å². The molecule has 0 spiro atoms. The molecule has 0 bridgehead atoms. The fourth-order valence-electron chi connectivity index (χ4n) is 1.60. The molecule has 0 aliphatic rings. The number of hydrogen-bond donors (Lipinski definition) is 1. The fourth-order valence-corrected chi connectivity index (χ4v) is 2.19. The summed E-state index contributed by atoms with van der Waals surface area (Å²) in [7, 11) is 1.54. The van der Waals surface area contributed by atoms with Crippen LogP contribution < -0.4 is 4.74 Å². The molecule has 1 aromatic rings. The third-order valence-corrected chi connectivity index (χ3v) is 3.68. The maximum atomic E-state index is 13.1. The van der Waals surface area contributed by atoms with E-state index in [1.807, 2.05) is 6.92 Å². The zero-order valence-electron chi connectivity index (χ0n) is 10.9. The molecule has 0 radical (unpaired) electrons. The summed E-state index contributed by atoms with van der Waals surface area (Å²) in [5.41, 5.74) is 1.81. The van der Waals surface area contributed by atoms with Gasteiger partial charge in [0.1, 0.15) is 12.0 Å². The highest BCUT2D eigenvalue weighted by molar-refractivity contribution is 6.36. The Kier molecular flexibility index (Phi) is 5.70. The molecule has 0 aliphatic heterocycles. The van der Waals surface area contributed by atoms with Crippen molar-refractivity contribution in [3.8, 4) is 5.75 Å². The Morgan fingerprint density at radius 3 is 2.63 bits per heavy atom. The van der Waals surface area contributed by atoms with Crippen molar-refractivity contribution in [2.24, 2.45) is 0 Å². The van der Waals surface area contributed by atoms with Crippen LogP contribution in [0.3, 0.4) is 0 Å². The van der Waals surface area contributed by atoms with Gasteiger partial charge in [-0.05, 0) is 37.5 Å². The molecular formula is C14H15Cl2FO2. The van der Waals surface area contributed by atoms with Crippen LogP contribution in [0.25, 0.3) is 0 Å². The van der Waals surface area contributed by atoms with Crippen LogP contribution in [-0.2, 0) is 6.42 Å². The monoisotopic (exact) mass is 304 g/mol. The van der Waals surface area contributed by atoms with Gasteiger partial charge in [-0.1, -0.05) is 29.3 Å². The first-order chi connectivity index (χ1) is 8.92. The second-order valence-corrected chi connectivity index (χ2v) is 4.83. The predicted molar refractivity (Wildman–Crippen MR) is 77.0 cm³/mol. The van der Waals surface area contributed by atoms with Crippen LogP contribution in [0.1, 0.15) is 18.1 Å². The standard InChI is InChI=1S/C14H15Cl2FO2/c1-8(12(17)7-18)4-5-10-11(15)6-13(19-3)9(2)14(10)16/h4,6-7,18H,5H2,1-3H3/b8-4+,12-7-. The molecule has 0 saturated carbocycles. The average molecular weight is 305 g/mol. The van der Waals surface area contributed by atoms with Gasteiger partial charge in [0.15, 0.2) is 5.83 Å². The van der Waals surface area contributed by atoms with Crippen molar-refractivity contribution in [2.75, 3.05) is 7.11 Å². The molecule has 0 saturated heterocycles. The van der Waals surface area contributed by atoms with E-state index in [0.717, 1.165) is 5.56 Å². The van der Waals surface area contributed by atoms with E-state index in [-0.39, 0.29) is 0 Å². The van der Waals surface area contributed by atoms with Gasteiger partial charge < -0.3 is 9.84 Å². The van der Waals surface area contributed by atoms with Crippen LogP contribution in [-0.4, -0.2) is 12.2 Å². The second kappa shape index (κ2) is 6.83. The number of halogens is 3. The first-order valence-electron chi connectivity index (χ1n) is 5.60. The summed E-state index contributed by atoms with van der Waals surface area (Å²) in [5, 5.41) is 9.54. The van der Waals surface area contributed by atoms with Crippen molar-refractivity contribution in [1.82, 2.24) is 0 Å². The van der Waals surface area contributed by atoms with E-state index >= 15 is 0 Å². The highest BCUT2D eigenvalue weighted by Gasteiger charge is 2.13. The van der Waals surface area contributed by atoms with Gasteiger partial charge in [-0.3, -0.25) is 0 Å². The van der Waals surface area contributed by atoms with E-state index in [4.69, 9.17) is 33.0 Å². The minimum Gasteiger partial charge on any atom is -0.513 e. The summed E-state index contributed by atoms with van der Waals surface area (Å²) in [6.07, 6.45) is 2.41. The largest absolute Gasteiger partial charge is 0.513 e. The Labute approximate surface area is 122 Å². The Morgan fingerprint density at radius 1 is 1.47 bits per heavy atom. The van der Waals surface area contributed by atoms with Crippen molar-refractivity contribution in [3.63, 3.8) is 0 Å². The van der Waals surface area contributed by atoms with Gasteiger partial charge in [0.05, 0.1) is 12.1 Å². The van der Waals surface area contributed by atoms with E-state index in [0.29, 0.717) is 39.6 Å². The molecule has 0 aliphatic carbocycles. The number of methoxy groups -OCH3 is 1. The second-order valence-electron chi connectivity index (χ2n) is 4.05. The lowest BCUT2D eigenvalue weighted by atomic mass is 10.1. The topological polar surface area (TPSA) is 29.5 Å². The quantitative estimate of drug-likeness (QED) is 0.614. The molecule has 1 N–H and O–H groups in total.